The summed E-state index contributed by atoms with van der Waals surface area (Å²) < 4.78 is 25.4. The highest BCUT2D eigenvalue weighted by molar-refractivity contribution is 4.86. The van der Waals surface area contributed by atoms with Crippen molar-refractivity contribution >= 4 is 0 Å². The standard InChI is InChI=1S/C9H16F2N/c1-8(2)7-12-5-3-9(10,11)4-6-12/h3-7H2,1-2H3. The van der Waals surface area contributed by atoms with Gasteiger partial charge in [-0.25, -0.2) is 8.78 Å². The minimum atomic E-state index is -2.40. The van der Waals surface area contributed by atoms with Gasteiger partial charge in [0.2, 0.25) is 0 Å². The van der Waals surface area contributed by atoms with Crippen LogP contribution >= 0.6 is 0 Å². The maximum atomic E-state index is 12.7. The molecule has 0 unspecified atom stereocenters. The fraction of sp³-hybridized carbons (Fsp3) is 0.889. The van der Waals surface area contributed by atoms with Gasteiger partial charge in [-0.05, 0) is 5.92 Å². The molecule has 1 aliphatic rings. The summed E-state index contributed by atoms with van der Waals surface area (Å²) in [6.07, 6.45) is 0.0561. The molecule has 1 fully saturated rings. The number of hydrogen-bond acceptors (Lipinski definition) is 1. The Bertz CT molecular complexity index is 135. The van der Waals surface area contributed by atoms with Gasteiger partial charge in [-0.2, -0.15) is 0 Å². The van der Waals surface area contributed by atoms with E-state index in [9.17, 15) is 8.78 Å². The molecule has 0 aromatic carbocycles. The highest BCUT2D eigenvalue weighted by atomic mass is 19.3. The van der Waals surface area contributed by atoms with Crippen LogP contribution in [0.25, 0.3) is 0 Å². The van der Waals surface area contributed by atoms with Crippen molar-refractivity contribution in [1.29, 1.82) is 0 Å². The van der Waals surface area contributed by atoms with E-state index in [1.807, 2.05) is 13.8 Å². The van der Waals surface area contributed by atoms with Gasteiger partial charge in [-0.1, -0.05) is 13.8 Å². The van der Waals surface area contributed by atoms with E-state index in [-0.39, 0.29) is 12.8 Å². The van der Waals surface area contributed by atoms with E-state index in [0.717, 1.165) is 6.54 Å². The summed E-state index contributed by atoms with van der Waals surface area (Å²) in [6, 6.07) is 0. The lowest BCUT2D eigenvalue weighted by molar-refractivity contribution is -0.0542. The third-order valence-corrected chi connectivity index (χ3v) is 2.13. The molecule has 0 aliphatic carbocycles. The van der Waals surface area contributed by atoms with Gasteiger partial charge in [-0.15, -0.1) is 0 Å². The van der Waals surface area contributed by atoms with Crippen molar-refractivity contribution < 1.29 is 8.78 Å². The number of alkyl halides is 2. The SMILES string of the molecule is C[C](C)CN1CCC(F)(F)CC1. The van der Waals surface area contributed by atoms with Crippen LogP contribution in [0, 0.1) is 5.92 Å². The minimum absolute atomic E-state index is 0.0281. The van der Waals surface area contributed by atoms with E-state index in [2.05, 4.69) is 4.90 Å². The number of halogens is 2. The molecule has 0 bridgehead atoms. The molecule has 1 aliphatic heterocycles. The summed E-state index contributed by atoms with van der Waals surface area (Å²) in [4.78, 5) is 2.09. The summed E-state index contributed by atoms with van der Waals surface area (Å²) in [5.74, 6) is -1.11. The Hall–Kier alpha value is -0.180. The Morgan fingerprint density at radius 2 is 1.75 bits per heavy atom. The van der Waals surface area contributed by atoms with Crippen LogP contribution in [-0.4, -0.2) is 30.5 Å². The topological polar surface area (TPSA) is 3.24 Å². The third-order valence-electron chi connectivity index (χ3n) is 2.13. The van der Waals surface area contributed by atoms with Gasteiger partial charge in [0.1, 0.15) is 0 Å². The van der Waals surface area contributed by atoms with Crippen molar-refractivity contribution in [3.63, 3.8) is 0 Å². The third kappa shape index (κ3) is 3.05. The maximum Gasteiger partial charge on any atom is 0.250 e. The Morgan fingerprint density at radius 3 is 2.17 bits per heavy atom. The van der Waals surface area contributed by atoms with Crippen LogP contribution in [0.15, 0.2) is 0 Å². The van der Waals surface area contributed by atoms with E-state index in [0.29, 0.717) is 13.1 Å². The van der Waals surface area contributed by atoms with Crippen molar-refractivity contribution in [3.05, 3.63) is 5.92 Å². The van der Waals surface area contributed by atoms with Crippen LogP contribution in [-0.2, 0) is 0 Å². The molecule has 1 heterocycles. The lowest BCUT2D eigenvalue weighted by atomic mass is 10.1. The van der Waals surface area contributed by atoms with Gasteiger partial charge in [0, 0.05) is 32.5 Å². The van der Waals surface area contributed by atoms with Crippen molar-refractivity contribution in [2.24, 2.45) is 0 Å². The van der Waals surface area contributed by atoms with Crippen molar-refractivity contribution in [3.8, 4) is 0 Å². The number of likely N-dealkylation sites (tertiary alicyclic amines) is 1. The predicted molar refractivity (Wildman–Crippen MR) is 45.2 cm³/mol. The zero-order chi connectivity index (χ0) is 9.19. The summed E-state index contributed by atoms with van der Waals surface area (Å²) >= 11 is 0. The summed E-state index contributed by atoms with van der Waals surface area (Å²) in [6.45, 7) is 6.02. The van der Waals surface area contributed by atoms with Gasteiger partial charge in [-0.3, -0.25) is 0 Å². The molecule has 0 aromatic heterocycles. The second-order valence-electron chi connectivity index (χ2n) is 3.84. The second-order valence-corrected chi connectivity index (χ2v) is 3.84. The molecule has 0 amide bonds. The van der Waals surface area contributed by atoms with Gasteiger partial charge in [0.05, 0.1) is 0 Å². The molecule has 0 N–H and O–H groups in total. The average molecular weight is 176 g/mol. The number of rotatable bonds is 2. The van der Waals surface area contributed by atoms with Gasteiger partial charge >= 0.3 is 0 Å². The largest absolute Gasteiger partial charge is 0.302 e. The Morgan fingerprint density at radius 1 is 1.25 bits per heavy atom. The first-order chi connectivity index (χ1) is 5.49. The molecular weight excluding hydrogens is 160 g/mol. The quantitative estimate of drug-likeness (QED) is 0.624. The Labute approximate surface area is 72.7 Å². The van der Waals surface area contributed by atoms with E-state index < -0.39 is 5.92 Å². The minimum Gasteiger partial charge on any atom is -0.302 e. The first-order valence-corrected chi connectivity index (χ1v) is 4.39. The molecule has 1 radical (unpaired) electrons. The lowest BCUT2D eigenvalue weighted by Crippen LogP contribution is -2.40. The molecule has 0 aromatic rings. The number of hydrogen-bond donors (Lipinski definition) is 0. The number of piperidine rings is 1. The zero-order valence-corrected chi connectivity index (χ0v) is 7.74. The van der Waals surface area contributed by atoms with Crippen molar-refractivity contribution in [2.75, 3.05) is 19.6 Å². The Kier molecular flexibility index (Phi) is 3.04. The maximum absolute atomic E-state index is 12.7. The van der Waals surface area contributed by atoms with Gasteiger partial charge in [0.25, 0.3) is 5.92 Å². The van der Waals surface area contributed by atoms with E-state index in [1.54, 1.807) is 0 Å². The molecule has 0 atom stereocenters. The highest BCUT2D eigenvalue weighted by Crippen LogP contribution is 2.27. The fourth-order valence-corrected chi connectivity index (χ4v) is 1.49. The molecule has 1 rings (SSSR count). The average Bonchev–Trinajstić information content (AvgIpc) is 1.93. The van der Waals surface area contributed by atoms with Crippen LogP contribution in [0.5, 0.6) is 0 Å². The van der Waals surface area contributed by atoms with Crippen molar-refractivity contribution in [1.82, 2.24) is 4.90 Å². The normalized spacial score (nSPS) is 24.8. The van der Waals surface area contributed by atoms with Crippen LogP contribution < -0.4 is 0 Å². The van der Waals surface area contributed by atoms with Crippen LogP contribution in [0.4, 0.5) is 8.78 Å². The highest BCUT2D eigenvalue weighted by Gasteiger charge is 2.33. The molecule has 3 heteroatoms. The van der Waals surface area contributed by atoms with Gasteiger partial charge in [0.15, 0.2) is 0 Å². The van der Waals surface area contributed by atoms with Crippen molar-refractivity contribution in [2.45, 2.75) is 32.6 Å². The molecule has 71 valence electrons. The predicted octanol–water partition coefficient (Wildman–Crippen LogP) is 2.33. The van der Waals surface area contributed by atoms with Gasteiger partial charge < -0.3 is 4.90 Å². The molecular formula is C9H16F2N. The summed E-state index contributed by atoms with van der Waals surface area (Å²) in [7, 11) is 0. The monoisotopic (exact) mass is 176 g/mol. The Balaban J connectivity index is 2.27. The molecule has 0 spiro atoms. The first kappa shape index (κ1) is 9.90. The van der Waals surface area contributed by atoms with E-state index in [1.165, 1.54) is 5.92 Å². The van der Waals surface area contributed by atoms with Crippen LogP contribution in [0.3, 0.4) is 0 Å². The molecule has 1 saturated heterocycles. The van der Waals surface area contributed by atoms with E-state index >= 15 is 0 Å². The summed E-state index contributed by atoms with van der Waals surface area (Å²) in [5, 5.41) is 0. The first-order valence-electron chi connectivity index (χ1n) is 4.39. The molecule has 0 saturated carbocycles. The summed E-state index contributed by atoms with van der Waals surface area (Å²) in [5.41, 5.74) is 0. The van der Waals surface area contributed by atoms with E-state index in [4.69, 9.17) is 0 Å². The van der Waals surface area contributed by atoms with Crippen LogP contribution in [0.1, 0.15) is 26.7 Å². The molecule has 12 heavy (non-hydrogen) atoms. The lowest BCUT2D eigenvalue weighted by Gasteiger charge is -2.32. The number of nitrogens with zero attached hydrogens (tertiary/aromatic N) is 1. The fourth-order valence-electron chi connectivity index (χ4n) is 1.49. The second kappa shape index (κ2) is 3.69. The molecule has 1 nitrogen and oxygen atoms in total. The van der Waals surface area contributed by atoms with Crippen LogP contribution in [0.2, 0.25) is 0 Å². The zero-order valence-electron chi connectivity index (χ0n) is 7.74. The smallest absolute Gasteiger partial charge is 0.250 e.